The van der Waals surface area contributed by atoms with Gasteiger partial charge in [0.1, 0.15) is 11.5 Å². The van der Waals surface area contributed by atoms with Gasteiger partial charge in [-0.15, -0.1) is 0 Å². The van der Waals surface area contributed by atoms with Gasteiger partial charge in [0, 0.05) is 5.02 Å². The van der Waals surface area contributed by atoms with Crippen LogP contribution in [-0.4, -0.2) is 25.0 Å². The molecule has 2 aromatic rings. The SMILES string of the molecule is CCC(C)c1ccccc1OCC(=O)NNC(=O)COc1ccc(Cl)cc1. The Morgan fingerprint density at radius 1 is 0.963 bits per heavy atom. The van der Waals surface area contributed by atoms with Crippen molar-refractivity contribution >= 4 is 23.4 Å². The zero-order valence-corrected chi connectivity index (χ0v) is 16.1. The summed E-state index contributed by atoms with van der Waals surface area (Å²) in [6.07, 6.45) is 0.968. The van der Waals surface area contributed by atoms with Gasteiger partial charge in [-0.1, -0.05) is 43.6 Å². The molecule has 0 saturated carbocycles. The minimum Gasteiger partial charge on any atom is -0.484 e. The maximum Gasteiger partial charge on any atom is 0.276 e. The number of ether oxygens (including phenoxy) is 2. The first-order valence-corrected chi connectivity index (χ1v) is 9.05. The number of hydrogen-bond acceptors (Lipinski definition) is 4. The minimum atomic E-state index is -0.488. The summed E-state index contributed by atoms with van der Waals surface area (Å²) in [4.78, 5) is 23.6. The maximum absolute atomic E-state index is 11.9. The molecule has 1 atom stereocenters. The van der Waals surface area contributed by atoms with Crippen LogP contribution in [0.4, 0.5) is 0 Å². The molecule has 0 spiro atoms. The van der Waals surface area contributed by atoms with E-state index in [0.29, 0.717) is 22.4 Å². The van der Waals surface area contributed by atoms with E-state index in [0.717, 1.165) is 12.0 Å². The van der Waals surface area contributed by atoms with E-state index in [-0.39, 0.29) is 13.2 Å². The van der Waals surface area contributed by atoms with Gasteiger partial charge < -0.3 is 9.47 Å². The van der Waals surface area contributed by atoms with Crippen molar-refractivity contribution in [3.05, 3.63) is 59.1 Å². The molecule has 7 heteroatoms. The molecule has 0 heterocycles. The Hall–Kier alpha value is -2.73. The number of para-hydroxylation sites is 1. The monoisotopic (exact) mass is 390 g/mol. The third kappa shape index (κ3) is 6.83. The van der Waals surface area contributed by atoms with Crippen molar-refractivity contribution in [2.45, 2.75) is 26.2 Å². The number of halogens is 1. The van der Waals surface area contributed by atoms with Crippen LogP contribution in [0, 0.1) is 0 Å². The van der Waals surface area contributed by atoms with Gasteiger partial charge in [-0.2, -0.15) is 0 Å². The molecule has 1 unspecified atom stereocenters. The Labute approximate surface area is 163 Å². The summed E-state index contributed by atoms with van der Waals surface area (Å²) < 4.78 is 10.9. The van der Waals surface area contributed by atoms with Gasteiger partial charge in [0.05, 0.1) is 0 Å². The number of nitrogens with one attached hydrogen (secondary N) is 2. The van der Waals surface area contributed by atoms with Crippen molar-refractivity contribution in [1.82, 2.24) is 10.9 Å². The lowest BCUT2D eigenvalue weighted by molar-refractivity contribution is -0.131. The molecule has 0 saturated heterocycles. The average Bonchev–Trinajstić information content (AvgIpc) is 2.69. The summed E-state index contributed by atoms with van der Waals surface area (Å²) in [5, 5.41) is 0.578. The van der Waals surface area contributed by atoms with Crippen LogP contribution in [0.1, 0.15) is 31.7 Å². The van der Waals surface area contributed by atoms with E-state index in [2.05, 4.69) is 24.7 Å². The number of carbonyl (C=O) groups is 2. The Kier molecular flexibility index (Phi) is 7.95. The molecule has 2 amide bonds. The Balaban J connectivity index is 1.73. The molecule has 27 heavy (non-hydrogen) atoms. The van der Waals surface area contributed by atoms with Crippen LogP contribution in [0.25, 0.3) is 0 Å². The highest BCUT2D eigenvalue weighted by molar-refractivity contribution is 6.30. The first-order valence-electron chi connectivity index (χ1n) is 8.67. The smallest absolute Gasteiger partial charge is 0.276 e. The van der Waals surface area contributed by atoms with Crippen LogP contribution < -0.4 is 20.3 Å². The summed E-state index contributed by atoms with van der Waals surface area (Å²) in [7, 11) is 0. The van der Waals surface area contributed by atoms with Gasteiger partial charge in [0.2, 0.25) is 0 Å². The number of benzene rings is 2. The number of rotatable bonds is 8. The quantitative estimate of drug-likeness (QED) is 0.677. The first kappa shape index (κ1) is 20.6. The summed E-state index contributed by atoms with van der Waals surface area (Å²) in [6.45, 7) is 3.75. The summed E-state index contributed by atoms with van der Waals surface area (Å²) in [6, 6.07) is 14.2. The Morgan fingerprint density at radius 2 is 1.56 bits per heavy atom. The average molecular weight is 391 g/mol. The number of hydrazine groups is 1. The van der Waals surface area contributed by atoms with Gasteiger partial charge in [0.25, 0.3) is 11.8 Å². The third-order valence-electron chi connectivity index (χ3n) is 3.95. The van der Waals surface area contributed by atoms with E-state index in [1.54, 1.807) is 24.3 Å². The molecule has 2 aromatic carbocycles. The van der Waals surface area contributed by atoms with Crippen molar-refractivity contribution < 1.29 is 19.1 Å². The van der Waals surface area contributed by atoms with Crippen molar-refractivity contribution in [3.8, 4) is 11.5 Å². The lowest BCUT2D eigenvalue weighted by Crippen LogP contribution is -2.45. The highest BCUT2D eigenvalue weighted by atomic mass is 35.5. The number of amides is 2. The lowest BCUT2D eigenvalue weighted by atomic mass is 9.98. The molecule has 6 nitrogen and oxygen atoms in total. The molecule has 0 radical (unpaired) electrons. The number of carbonyl (C=O) groups excluding carboxylic acids is 2. The molecule has 0 aliphatic carbocycles. The highest BCUT2D eigenvalue weighted by Gasteiger charge is 2.11. The van der Waals surface area contributed by atoms with Crippen LogP contribution in [-0.2, 0) is 9.59 Å². The fraction of sp³-hybridized carbons (Fsp3) is 0.300. The van der Waals surface area contributed by atoms with Crippen LogP contribution in [0.3, 0.4) is 0 Å². The molecule has 0 aliphatic rings. The van der Waals surface area contributed by atoms with E-state index in [1.165, 1.54) is 0 Å². The van der Waals surface area contributed by atoms with Crippen LogP contribution in [0.5, 0.6) is 11.5 Å². The molecule has 2 N–H and O–H groups in total. The normalized spacial score (nSPS) is 11.4. The second kappa shape index (κ2) is 10.4. The standard InChI is InChI=1S/C20H23ClN2O4/c1-3-14(2)17-6-4-5-7-18(17)27-13-20(25)23-22-19(24)12-26-16-10-8-15(21)9-11-16/h4-11,14H,3,12-13H2,1-2H3,(H,22,24)(H,23,25). The van der Waals surface area contributed by atoms with Gasteiger partial charge in [0.15, 0.2) is 13.2 Å². The summed E-state index contributed by atoms with van der Waals surface area (Å²) in [5.41, 5.74) is 5.62. The van der Waals surface area contributed by atoms with E-state index >= 15 is 0 Å². The van der Waals surface area contributed by atoms with Gasteiger partial charge in [-0.3, -0.25) is 20.4 Å². The fourth-order valence-corrected chi connectivity index (χ4v) is 2.40. The van der Waals surface area contributed by atoms with Crippen LogP contribution in [0.15, 0.2) is 48.5 Å². The topological polar surface area (TPSA) is 76.7 Å². The van der Waals surface area contributed by atoms with Crippen LogP contribution >= 0.6 is 11.6 Å². The molecule has 0 fully saturated rings. The first-order chi connectivity index (χ1) is 13.0. The number of hydrogen-bond donors (Lipinski definition) is 2. The maximum atomic E-state index is 11.9. The van der Waals surface area contributed by atoms with Crippen molar-refractivity contribution in [2.75, 3.05) is 13.2 Å². The molecule has 0 aliphatic heterocycles. The predicted octanol–water partition coefficient (Wildman–Crippen LogP) is 3.46. The molecule has 144 valence electrons. The molecular weight excluding hydrogens is 368 g/mol. The molecular formula is C20H23ClN2O4. The third-order valence-corrected chi connectivity index (χ3v) is 4.20. The van der Waals surface area contributed by atoms with E-state index in [1.807, 2.05) is 24.3 Å². The Bertz CT molecular complexity index is 765. The zero-order chi connectivity index (χ0) is 19.6. The van der Waals surface area contributed by atoms with Gasteiger partial charge in [-0.25, -0.2) is 0 Å². The predicted molar refractivity (Wildman–Crippen MR) is 104 cm³/mol. The molecule has 0 bridgehead atoms. The lowest BCUT2D eigenvalue weighted by Gasteiger charge is -2.15. The van der Waals surface area contributed by atoms with Gasteiger partial charge >= 0.3 is 0 Å². The molecule has 0 aromatic heterocycles. The highest BCUT2D eigenvalue weighted by Crippen LogP contribution is 2.28. The molecule has 2 rings (SSSR count). The minimum absolute atomic E-state index is 0.203. The largest absolute Gasteiger partial charge is 0.484 e. The van der Waals surface area contributed by atoms with E-state index in [9.17, 15) is 9.59 Å². The zero-order valence-electron chi connectivity index (χ0n) is 15.3. The summed E-state index contributed by atoms with van der Waals surface area (Å²) in [5.74, 6) is 0.548. The second-order valence-electron chi connectivity index (χ2n) is 5.97. The van der Waals surface area contributed by atoms with Crippen molar-refractivity contribution in [1.29, 1.82) is 0 Å². The Morgan fingerprint density at radius 3 is 2.19 bits per heavy atom. The fourth-order valence-electron chi connectivity index (χ4n) is 2.27. The van der Waals surface area contributed by atoms with Gasteiger partial charge in [-0.05, 0) is 48.2 Å². The van der Waals surface area contributed by atoms with E-state index < -0.39 is 11.8 Å². The summed E-state index contributed by atoms with van der Waals surface area (Å²) >= 11 is 5.77. The van der Waals surface area contributed by atoms with Crippen LogP contribution in [0.2, 0.25) is 5.02 Å². The second-order valence-corrected chi connectivity index (χ2v) is 6.41. The van der Waals surface area contributed by atoms with Crippen molar-refractivity contribution in [2.24, 2.45) is 0 Å². The van der Waals surface area contributed by atoms with Crippen molar-refractivity contribution in [3.63, 3.8) is 0 Å². The van der Waals surface area contributed by atoms with E-state index in [4.69, 9.17) is 21.1 Å².